The number of carboxylic acid groups (broad SMARTS) is 1. The predicted octanol–water partition coefficient (Wildman–Crippen LogP) is 2.55. The Bertz CT molecular complexity index is 460. The van der Waals surface area contributed by atoms with Gasteiger partial charge in [-0.15, -0.1) is 0 Å². The molecule has 0 unspecified atom stereocenters. The van der Waals surface area contributed by atoms with Crippen molar-refractivity contribution in [3.63, 3.8) is 0 Å². The summed E-state index contributed by atoms with van der Waals surface area (Å²) in [5.41, 5.74) is 1.06. The van der Waals surface area contributed by atoms with Gasteiger partial charge < -0.3 is 5.11 Å². The smallest absolute Gasteiger partial charge is 0.335 e. The van der Waals surface area contributed by atoms with Crippen molar-refractivity contribution < 1.29 is 9.90 Å². The Morgan fingerprint density at radius 1 is 1.60 bits per heavy atom. The van der Waals surface area contributed by atoms with Crippen molar-refractivity contribution >= 4 is 17.6 Å². The molecular formula is C11H8ClNO2. The number of carboxylic acids is 1. The standard InChI is InChI=1S/C11H8ClNO2/c1-7(12)4-9-5-8(6-13)2-3-10(9)11(14)15/h2-3,5H,1,4H2,(H,14,15). The Morgan fingerprint density at radius 2 is 2.27 bits per heavy atom. The molecule has 0 saturated heterocycles. The number of carbonyl (C=O) groups is 1. The molecule has 15 heavy (non-hydrogen) atoms. The molecular weight excluding hydrogens is 214 g/mol. The molecule has 0 heterocycles. The number of aromatic carboxylic acids is 1. The molecule has 0 aliphatic heterocycles. The highest BCUT2D eigenvalue weighted by molar-refractivity contribution is 6.29. The maximum absolute atomic E-state index is 10.8. The van der Waals surface area contributed by atoms with Crippen molar-refractivity contribution in [1.29, 1.82) is 5.26 Å². The predicted molar refractivity (Wildman–Crippen MR) is 56.8 cm³/mol. The van der Waals surface area contributed by atoms with Crippen LogP contribution in [0, 0.1) is 11.3 Å². The molecule has 0 aromatic heterocycles. The summed E-state index contributed by atoms with van der Waals surface area (Å²) in [4.78, 5) is 10.8. The second-order valence-corrected chi connectivity index (χ2v) is 3.52. The van der Waals surface area contributed by atoms with E-state index in [1.807, 2.05) is 6.07 Å². The average Bonchev–Trinajstić information content (AvgIpc) is 2.16. The van der Waals surface area contributed by atoms with Crippen molar-refractivity contribution in [2.45, 2.75) is 6.42 Å². The highest BCUT2D eigenvalue weighted by atomic mass is 35.5. The number of nitriles is 1. The minimum absolute atomic E-state index is 0.149. The molecule has 0 radical (unpaired) electrons. The van der Waals surface area contributed by atoms with E-state index in [0.29, 0.717) is 16.2 Å². The zero-order valence-electron chi connectivity index (χ0n) is 7.83. The fourth-order valence-electron chi connectivity index (χ4n) is 1.22. The van der Waals surface area contributed by atoms with E-state index in [-0.39, 0.29) is 12.0 Å². The largest absolute Gasteiger partial charge is 0.478 e. The van der Waals surface area contributed by atoms with E-state index >= 15 is 0 Å². The topological polar surface area (TPSA) is 61.1 Å². The van der Waals surface area contributed by atoms with Crippen LogP contribution in [0.1, 0.15) is 21.5 Å². The molecule has 4 heteroatoms. The van der Waals surface area contributed by atoms with Crippen LogP contribution in [0.25, 0.3) is 0 Å². The van der Waals surface area contributed by atoms with Gasteiger partial charge in [-0.3, -0.25) is 0 Å². The number of allylic oxidation sites excluding steroid dienone is 1. The molecule has 0 fully saturated rings. The number of nitrogens with zero attached hydrogens (tertiary/aromatic N) is 1. The SMILES string of the molecule is C=C(Cl)Cc1cc(C#N)ccc1C(=O)O. The van der Waals surface area contributed by atoms with E-state index < -0.39 is 5.97 Å². The van der Waals surface area contributed by atoms with Crippen LogP contribution in [0.2, 0.25) is 0 Å². The lowest BCUT2D eigenvalue weighted by Gasteiger charge is -2.04. The summed E-state index contributed by atoms with van der Waals surface area (Å²) in [7, 11) is 0. The third kappa shape index (κ3) is 2.83. The first-order valence-corrected chi connectivity index (χ1v) is 4.52. The van der Waals surface area contributed by atoms with Crippen LogP contribution >= 0.6 is 11.6 Å². The average molecular weight is 222 g/mol. The van der Waals surface area contributed by atoms with Crippen molar-refractivity contribution in [2.75, 3.05) is 0 Å². The van der Waals surface area contributed by atoms with Crippen LogP contribution in [0.15, 0.2) is 29.8 Å². The molecule has 1 rings (SSSR count). The molecule has 0 saturated carbocycles. The fourth-order valence-corrected chi connectivity index (χ4v) is 1.37. The van der Waals surface area contributed by atoms with Crippen LogP contribution in [0.4, 0.5) is 0 Å². The fraction of sp³-hybridized carbons (Fsp3) is 0.0909. The summed E-state index contributed by atoms with van der Waals surface area (Å²) < 4.78 is 0. The van der Waals surface area contributed by atoms with E-state index in [9.17, 15) is 4.79 Å². The number of rotatable bonds is 3. The molecule has 3 nitrogen and oxygen atoms in total. The van der Waals surface area contributed by atoms with Crippen molar-refractivity contribution in [1.82, 2.24) is 0 Å². The van der Waals surface area contributed by atoms with Crippen molar-refractivity contribution in [3.8, 4) is 6.07 Å². The van der Waals surface area contributed by atoms with Crippen LogP contribution in [-0.2, 0) is 6.42 Å². The van der Waals surface area contributed by atoms with Crippen molar-refractivity contribution in [2.24, 2.45) is 0 Å². The monoisotopic (exact) mass is 221 g/mol. The van der Waals surface area contributed by atoms with Gasteiger partial charge >= 0.3 is 5.97 Å². The normalized spacial score (nSPS) is 9.33. The van der Waals surface area contributed by atoms with Gasteiger partial charge in [-0.1, -0.05) is 18.2 Å². The molecule has 0 aliphatic carbocycles. The van der Waals surface area contributed by atoms with Gasteiger partial charge in [-0.2, -0.15) is 5.26 Å². The van der Waals surface area contributed by atoms with E-state index in [1.54, 1.807) is 0 Å². The maximum atomic E-state index is 10.8. The first-order chi connectivity index (χ1) is 7.04. The minimum Gasteiger partial charge on any atom is -0.478 e. The van der Waals surface area contributed by atoms with Crippen LogP contribution in [0.3, 0.4) is 0 Å². The molecule has 0 bridgehead atoms. The Balaban J connectivity index is 3.23. The molecule has 1 aromatic carbocycles. The maximum Gasteiger partial charge on any atom is 0.335 e. The summed E-state index contributed by atoms with van der Waals surface area (Å²) in [5, 5.41) is 17.9. The molecule has 76 valence electrons. The molecule has 0 aliphatic rings. The Hall–Kier alpha value is -1.79. The number of hydrogen-bond donors (Lipinski definition) is 1. The highest BCUT2D eigenvalue weighted by Gasteiger charge is 2.10. The number of hydrogen-bond acceptors (Lipinski definition) is 2. The van der Waals surface area contributed by atoms with Gasteiger partial charge in [0, 0.05) is 11.5 Å². The third-order valence-electron chi connectivity index (χ3n) is 1.85. The molecule has 1 N–H and O–H groups in total. The van der Waals surface area contributed by atoms with Gasteiger partial charge in [-0.25, -0.2) is 4.79 Å². The Labute approximate surface area is 92.2 Å². The lowest BCUT2D eigenvalue weighted by molar-refractivity contribution is 0.0696. The van der Waals surface area contributed by atoms with E-state index in [2.05, 4.69) is 6.58 Å². The second-order valence-electron chi connectivity index (χ2n) is 2.98. The Kier molecular flexibility index (Phi) is 3.48. The molecule has 0 amide bonds. The Morgan fingerprint density at radius 3 is 2.73 bits per heavy atom. The lowest BCUT2D eigenvalue weighted by Crippen LogP contribution is -2.03. The summed E-state index contributed by atoms with van der Waals surface area (Å²) in [6.07, 6.45) is 0.249. The first kappa shape index (κ1) is 11.3. The number of benzene rings is 1. The third-order valence-corrected chi connectivity index (χ3v) is 1.98. The van der Waals surface area contributed by atoms with Gasteiger partial charge in [0.1, 0.15) is 0 Å². The summed E-state index contributed by atoms with van der Waals surface area (Å²) in [5.74, 6) is -1.03. The second kappa shape index (κ2) is 4.63. The summed E-state index contributed by atoms with van der Waals surface area (Å²) in [6.45, 7) is 3.50. The first-order valence-electron chi connectivity index (χ1n) is 4.14. The van der Waals surface area contributed by atoms with Crippen LogP contribution in [0.5, 0.6) is 0 Å². The van der Waals surface area contributed by atoms with Gasteiger partial charge in [0.15, 0.2) is 0 Å². The molecule has 0 atom stereocenters. The molecule has 0 spiro atoms. The quantitative estimate of drug-likeness (QED) is 0.853. The zero-order chi connectivity index (χ0) is 11.4. The van der Waals surface area contributed by atoms with E-state index in [0.717, 1.165) is 0 Å². The van der Waals surface area contributed by atoms with Crippen molar-refractivity contribution in [3.05, 3.63) is 46.5 Å². The van der Waals surface area contributed by atoms with Gasteiger partial charge in [0.05, 0.1) is 17.2 Å². The van der Waals surface area contributed by atoms with Gasteiger partial charge in [-0.05, 0) is 23.8 Å². The minimum atomic E-state index is -1.03. The lowest BCUT2D eigenvalue weighted by atomic mass is 10.0. The number of halogens is 1. The van der Waals surface area contributed by atoms with Gasteiger partial charge in [0.2, 0.25) is 0 Å². The zero-order valence-corrected chi connectivity index (χ0v) is 8.58. The van der Waals surface area contributed by atoms with Gasteiger partial charge in [0.25, 0.3) is 0 Å². The highest BCUT2D eigenvalue weighted by Crippen LogP contribution is 2.17. The van der Waals surface area contributed by atoms with Crippen LogP contribution in [-0.4, -0.2) is 11.1 Å². The van der Waals surface area contributed by atoms with E-state index in [1.165, 1.54) is 18.2 Å². The van der Waals surface area contributed by atoms with E-state index in [4.69, 9.17) is 22.0 Å². The van der Waals surface area contributed by atoms with Crippen LogP contribution < -0.4 is 0 Å². The summed E-state index contributed by atoms with van der Waals surface area (Å²) in [6, 6.07) is 6.31. The molecule has 1 aromatic rings. The summed E-state index contributed by atoms with van der Waals surface area (Å²) >= 11 is 5.61.